The Morgan fingerprint density at radius 1 is 1.50 bits per heavy atom. The standard InChI is InChI=1S/C5H10F2O/c1-5(8,4-7)2-3-6/h8H,2-4H2,1H3. The summed E-state index contributed by atoms with van der Waals surface area (Å²) in [6, 6.07) is 0. The van der Waals surface area contributed by atoms with Crippen LogP contribution in [0, 0.1) is 0 Å². The van der Waals surface area contributed by atoms with E-state index in [1.807, 2.05) is 0 Å². The van der Waals surface area contributed by atoms with E-state index in [2.05, 4.69) is 0 Å². The van der Waals surface area contributed by atoms with Gasteiger partial charge in [-0.25, -0.2) is 4.39 Å². The van der Waals surface area contributed by atoms with Crippen LogP contribution in [0.4, 0.5) is 8.78 Å². The Bertz CT molecular complexity index is 63.4. The van der Waals surface area contributed by atoms with Crippen LogP contribution in [-0.4, -0.2) is 24.1 Å². The number of aliphatic hydroxyl groups is 1. The molecule has 0 heterocycles. The van der Waals surface area contributed by atoms with E-state index >= 15 is 0 Å². The largest absolute Gasteiger partial charge is 0.387 e. The van der Waals surface area contributed by atoms with Gasteiger partial charge in [0.25, 0.3) is 0 Å². The summed E-state index contributed by atoms with van der Waals surface area (Å²) >= 11 is 0. The van der Waals surface area contributed by atoms with E-state index in [4.69, 9.17) is 5.11 Å². The fraction of sp³-hybridized carbons (Fsp3) is 1.00. The van der Waals surface area contributed by atoms with Crippen molar-refractivity contribution >= 4 is 0 Å². The monoisotopic (exact) mass is 124 g/mol. The number of alkyl halides is 2. The van der Waals surface area contributed by atoms with Gasteiger partial charge >= 0.3 is 0 Å². The molecule has 0 radical (unpaired) electrons. The van der Waals surface area contributed by atoms with Crippen molar-refractivity contribution in [3.8, 4) is 0 Å². The molecule has 1 N–H and O–H groups in total. The molecule has 0 amide bonds. The second-order valence-corrected chi connectivity index (χ2v) is 2.07. The van der Waals surface area contributed by atoms with E-state index in [-0.39, 0.29) is 6.42 Å². The number of halogens is 2. The smallest absolute Gasteiger partial charge is 0.118 e. The van der Waals surface area contributed by atoms with Crippen molar-refractivity contribution in [3.63, 3.8) is 0 Å². The van der Waals surface area contributed by atoms with Gasteiger partial charge in [0.15, 0.2) is 0 Å². The molecule has 0 spiro atoms. The van der Waals surface area contributed by atoms with Gasteiger partial charge in [-0.2, -0.15) is 0 Å². The second kappa shape index (κ2) is 2.97. The molecule has 0 bridgehead atoms. The molecule has 0 saturated carbocycles. The first kappa shape index (κ1) is 7.82. The third-order valence-electron chi connectivity index (χ3n) is 0.921. The van der Waals surface area contributed by atoms with Crippen molar-refractivity contribution in [1.29, 1.82) is 0 Å². The lowest BCUT2D eigenvalue weighted by molar-refractivity contribution is 0.0198. The molecule has 50 valence electrons. The van der Waals surface area contributed by atoms with E-state index in [0.717, 1.165) is 0 Å². The molecule has 0 aromatic carbocycles. The summed E-state index contributed by atoms with van der Waals surface area (Å²) in [6.07, 6.45) is -0.122. The van der Waals surface area contributed by atoms with Crippen molar-refractivity contribution in [3.05, 3.63) is 0 Å². The maximum Gasteiger partial charge on any atom is 0.118 e. The topological polar surface area (TPSA) is 20.2 Å². The zero-order valence-corrected chi connectivity index (χ0v) is 4.82. The van der Waals surface area contributed by atoms with E-state index in [9.17, 15) is 8.78 Å². The molecule has 1 unspecified atom stereocenters. The van der Waals surface area contributed by atoms with E-state index in [0.29, 0.717) is 0 Å². The zero-order chi connectivity index (χ0) is 6.62. The minimum atomic E-state index is -1.45. The Morgan fingerprint density at radius 3 is 2.12 bits per heavy atom. The minimum Gasteiger partial charge on any atom is -0.387 e. The van der Waals surface area contributed by atoms with E-state index < -0.39 is 19.0 Å². The maximum atomic E-state index is 11.5. The van der Waals surface area contributed by atoms with Crippen LogP contribution in [0.3, 0.4) is 0 Å². The fourth-order valence-electron chi connectivity index (χ4n) is 0.270. The summed E-state index contributed by atoms with van der Waals surface area (Å²) in [5.74, 6) is 0. The Balaban J connectivity index is 3.37. The normalized spacial score (nSPS) is 18.0. The predicted octanol–water partition coefficient (Wildman–Crippen LogP) is 1.07. The fourth-order valence-corrected chi connectivity index (χ4v) is 0.270. The van der Waals surface area contributed by atoms with E-state index in [1.54, 1.807) is 0 Å². The highest BCUT2D eigenvalue weighted by atomic mass is 19.1. The zero-order valence-electron chi connectivity index (χ0n) is 4.82. The lowest BCUT2D eigenvalue weighted by atomic mass is 10.1. The molecule has 0 aliphatic carbocycles. The summed E-state index contributed by atoms with van der Waals surface area (Å²) in [7, 11) is 0. The van der Waals surface area contributed by atoms with Gasteiger partial charge < -0.3 is 5.11 Å². The van der Waals surface area contributed by atoms with Gasteiger partial charge in [0.05, 0.1) is 12.3 Å². The van der Waals surface area contributed by atoms with Crippen LogP contribution < -0.4 is 0 Å². The van der Waals surface area contributed by atoms with Crippen molar-refractivity contribution in [2.75, 3.05) is 13.3 Å². The molecular formula is C5H10F2O. The van der Waals surface area contributed by atoms with E-state index in [1.165, 1.54) is 6.92 Å². The van der Waals surface area contributed by atoms with Gasteiger partial charge in [0, 0.05) is 6.42 Å². The molecule has 0 aliphatic heterocycles. The Morgan fingerprint density at radius 2 is 2.00 bits per heavy atom. The lowest BCUT2D eigenvalue weighted by Gasteiger charge is -2.15. The minimum absolute atomic E-state index is 0.122. The molecule has 0 rings (SSSR count). The molecule has 0 aliphatic rings. The van der Waals surface area contributed by atoms with Crippen LogP contribution in [0.15, 0.2) is 0 Å². The number of rotatable bonds is 3. The maximum absolute atomic E-state index is 11.5. The first-order valence-corrected chi connectivity index (χ1v) is 2.47. The average molecular weight is 124 g/mol. The Labute approximate surface area is 47.3 Å². The highest BCUT2D eigenvalue weighted by Gasteiger charge is 2.18. The quantitative estimate of drug-likeness (QED) is 0.596. The number of hydrogen-bond donors (Lipinski definition) is 1. The van der Waals surface area contributed by atoms with Gasteiger partial charge in [-0.1, -0.05) is 0 Å². The molecule has 0 aromatic rings. The SMILES string of the molecule is CC(O)(CF)CCF. The molecule has 8 heavy (non-hydrogen) atoms. The highest BCUT2D eigenvalue weighted by molar-refractivity contribution is 4.69. The van der Waals surface area contributed by atoms with Crippen LogP contribution >= 0.6 is 0 Å². The highest BCUT2D eigenvalue weighted by Crippen LogP contribution is 2.08. The molecule has 3 heteroatoms. The lowest BCUT2D eigenvalue weighted by Crippen LogP contribution is -2.27. The van der Waals surface area contributed by atoms with Crippen LogP contribution in [-0.2, 0) is 0 Å². The van der Waals surface area contributed by atoms with Crippen LogP contribution in [0.2, 0.25) is 0 Å². The predicted molar refractivity (Wildman–Crippen MR) is 27.2 cm³/mol. The summed E-state index contributed by atoms with van der Waals surface area (Å²) in [5.41, 5.74) is -1.45. The third-order valence-corrected chi connectivity index (χ3v) is 0.921. The molecule has 0 fully saturated rings. The van der Waals surface area contributed by atoms with Crippen molar-refractivity contribution < 1.29 is 13.9 Å². The molecule has 1 atom stereocenters. The van der Waals surface area contributed by atoms with Gasteiger partial charge in [-0.3, -0.25) is 4.39 Å². The third kappa shape index (κ3) is 2.91. The van der Waals surface area contributed by atoms with Crippen molar-refractivity contribution in [2.24, 2.45) is 0 Å². The van der Waals surface area contributed by atoms with Crippen LogP contribution in [0.1, 0.15) is 13.3 Å². The summed E-state index contributed by atoms with van der Waals surface area (Å²) in [4.78, 5) is 0. The van der Waals surface area contributed by atoms with Gasteiger partial charge in [0.2, 0.25) is 0 Å². The van der Waals surface area contributed by atoms with Gasteiger partial charge in [-0.05, 0) is 6.92 Å². The molecule has 0 saturated heterocycles. The molecule has 1 nitrogen and oxygen atoms in total. The summed E-state index contributed by atoms with van der Waals surface area (Å²) in [6.45, 7) is -0.277. The summed E-state index contributed by atoms with van der Waals surface area (Å²) < 4.78 is 22.9. The van der Waals surface area contributed by atoms with Gasteiger partial charge in [-0.15, -0.1) is 0 Å². The second-order valence-electron chi connectivity index (χ2n) is 2.07. The molecular weight excluding hydrogens is 114 g/mol. The average Bonchev–Trinajstić information content (AvgIpc) is 1.67. The summed E-state index contributed by atoms with van der Waals surface area (Å²) in [5, 5.41) is 8.71. The first-order valence-electron chi connectivity index (χ1n) is 2.47. The van der Waals surface area contributed by atoms with Crippen LogP contribution in [0.5, 0.6) is 0 Å². The van der Waals surface area contributed by atoms with Gasteiger partial charge in [0.1, 0.15) is 6.67 Å². The Kier molecular flexibility index (Phi) is 2.90. The Hall–Kier alpha value is -0.180. The number of hydrogen-bond acceptors (Lipinski definition) is 1. The first-order chi connectivity index (χ1) is 3.62. The van der Waals surface area contributed by atoms with Crippen LogP contribution in [0.25, 0.3) is 0 Å². The molecule has 0 aromatic heterocycles. The van der Waals surface area contributed by atoms with Crippen molar-refractivity contribution in [2.45, 2.75) is 18.9 Å². The van der Waals surface area contributed by atoms with Crippen molar-refractivity contribution in [1.82, 2.24) is 0 Å².